The fraction of sp³-hybridized carbons (Fsp3) is 0.538. The number of benzene rings is 1. The highest BCUT2D eigenvalue weighted by Gasteiger charge is 2.50. The van der Waals surface area contributed by atoms with Gasteiger partial charge in [-0.05, 0) is 54.7 Å². The summed E-state index contributed by atoms with van der Waals surface area (Å²) in [6.45, 7) is 0.881. The molecule has 1 unspecified atom stereocenters. The van der Waals surface area contributed by atoms with E-state index in [0.29, 0.717) is 5.41 Å². The van der Waals surface area contributed by atoms with Crippen LogP contribution in [0.4, 0.5) is 0 Å². The maximum absolute atomic E-state index is 5.91. The highest BCUT2D eigenvalue weighted by Crippen LogP contribution is 2.59. The van der Waals surface area contributed by atoms with E-state index >= 15 is 0 Å². The van der Waals surface area contributed by atoms with Gasteiger partial charge in [-0.15, -0.1) is 0 Å². The number of aryl methyl sites for hydroxylation is 1. The van der Waals surface area contributed by atoms with Crippen molar-refractivity contribution < 1.29 is 0 Å². The molecule has 1 fully saturated rings. The van der Waals surface area contributed by atoms with Gasteiger partial charge in [0.1, 0.15) is 0 Å². The second-order valence-corrected chi connectivity index (χ2v) is 4.86. The molecule has 2 N–H and O–H groups in total. The highest BCUT2D eigenvalue weighted by molar-refractivity contribution is 5.37. The summed E-state index contributed by atoms with van der Waals surface area (Å²) in [4.78, 5) is 0. The lowest BCUT2D eigenvalue weighted by Gasteiger charge is -2.21. The van der Waals surface area contributed by atoms with Crippen molar-refractivity contribution in [2.24, 2.45) is 11.1 Å². The fourth-order valence-corrected chi connectivity index (χ4v) is 3.05. The monoisotopic (exact) mass is 187 g/mol. The van der Waals surface area contributed by atoms with Crippen molar-refractivity contribution in [3.63, 3.8) is 0 Å². The maximum Gasteiger partial charge on any atom is -0.00147 e. The largest absolute Gasteiger partial charge is 0.330 e. The van der Waals surface area contributed by atoms with E-state index in [1.807, 2.05) is 0 Å². The van der Waals surface area contributed by atoms with E-state index in [1.54, 1.807) is 11.1 Å². The Labute approximate surface area is 85.3 Å². The SMILES string of the molecule is NCC1(C2CCc3ccccc32)CC1. The molecule has 1 saturated carbocycles. The molecule has 2 aliphatic rings. The Morgan fingerprint density at radius 3 is 2.79 bits per heavy atom. The first-order valence-corrected chi connectivity index (χ1v) is 5.64. The minimum atomic E-state index is 0.493. The zero-order valence-electron chi connectivity index (χ0n) is 8.50. The molecule has 0 bridgehead atoms. The van der Waals surface area contributed by atoms with Crippen molar-refractivity contribution in [3.8, 4) is 0 Å². The van der Waals surface area contributed by atoms with Crippen molar-refractivity contribution in [2.45, 2.75) is 31.6 Å². The molecule has 0 saturated heterocycles. The van der Waals surface area contributed by atoms with Gasteiger partial charge < -0.3 is 5.73 Å². The van der Waals surface area contributed by atoms with Crippen molar-refractivity contribution in [1.82, 2.24) is 0 Å². The van der Waals surface area contributed by atoms with Gasteiger partial charge in [0, 0.05) is 0 Å². The molecule has 1 aromatic carbocycles. The van der Waals surface area contributed by atoms with Crippen molar-refractivity contribution >= 4 is 0 Å². The Kier molecular flexibility index (Phi) is 1.72. The van der Waals surface area contributed by atoms with Crippen LogP contribution in [0.2, 0.25) is 0 Å². The predicted molar refractivity (Wildman–Crippen MR) is 58.2 cm³/mol. The molecule has 3 rings (SSSR count). The zero-order valence-corrected chi connectivity index (χ0v) is 8.50. The third-order valence-electron chi connectivity index (χ3n) is 4.17. The maximum atomic E-state index is 5.91. The van der Waals surface area contributed by atoms with Crippen LogP contribution in [-0.4, -0.2) is 6.54 Å². The second kappa shape index (κ2) is 2.83. The van der Waals surface area contributed by atoms with Gasteiger partial charge in [0.05, 0.1) is 0 Å². The zero-order chi connectivity index (χ0) is 9.60. The summed E-state index contributed by atoms with van der Waals surface area (Å²) in [6, 6.07) is 8.91. The van der Waals surface area contributed by atoms with E-state index < -0.39 is 0 Å². The smallest absolute Gasteiger partial charge is 0.00147 e. The third kappa shape index (κ3) is 1.05. The van der Waals surface area contributed by atoms with Crippen LogP contribution in [0.1, 0.15) is 36.3 Å². The van der Waals surface area contributed by atoms with Gasteiger partial charge in [-0.25, -0.2) is 0 Å². The number of fused-ring (bicyclic) bond motifs is 1. The van der Waals surface area contributed by atoms with Crippen LogP contribution in [0.15, 0.2) is 24.3 Å². The minimum absolute atomic E-state index is 0.493. The van der Waals surface area contributed by atoms with Crippen LogP contribution >= 0.6 is 0 Å². The summed E-state index contributed by atoms with van der Waals surface area (Å²) in [5, 5.41) is 0. The summed E-state index contributed by atoms with van der Waals surface area (Å²) in [7, 11) is 0. The van der Waals surface area contributed by atoms with Crippen LogP contribution < -0.4 is 5.73 Å². The summed E-state index contributed by atoms with van der Waals surface area (Å²) >= 11 is 0. The summed E-state index contributed by atoms with van der Waals surface area (Å²) in [5.74, 6) is 0.767. The average Bonchev–Trinajstić information content (AvgIpc) is 2.91. The quantitative estimate of drug-likeness (QED) is 0.756. The number of rotatable bonds is 2. The molecule has 1 aromatic rings. The Bertz CT molecular complexity index is 352. The van der Waals surface area contributed by atoms with Crippen LogP contribution in [0.5, 0.6) is 0 Å². The topological polar surface area (TPSA) is 26.0 Å². The lowest BCUT2D eigenvalue weighted by Crippen LogP contribution is -2.22. The third-order valence-corrected chi connectivity index (χ3v) is 4.17. The van der Waals surface area contributed by atoms with Gasteiger partial charge in [0.25, 0.3) is 0 Å². The molecular formula is C13H17N. The summed E-state index contributed by atoms with van der Waals surface area (Å²) in [5.41, 5.74) is 9.56. The van der Waals surface area contributed by atoms with E-state index in [2.05, 4.69) is 24.3 Å². The Hall–Kier alpha value is -0.820. The van der Waals surface area contributed by atoms with Crippen molar-refractivity contribution in [1.29, 1.82) is 0 Å². The highest BCUT2D eigenvalue weighted by atomic mass is 14.7. The molecule has 2 aliphatic carbocycles. The van der Waals surface area contributed by atoms with Gasteiger partial charge in [0.15, 0.2) is 0 Å². The van der Waals surface area contributed by atoms with E-state index in [0.717, 1.165) is 12.5 Å². The molecule has 74 valence electrons. The number of nitrogens with two attached hydrogens (primary N) is 1. The number of hydrogen-bond donors (Lipinski definition) is 1. The Balaban J connectivity index is 1.98. The molecule has 0 aromatic heterocycles. The van der Waals surface area contributed by atoms with Crippen LogP contribution in [0.3, 0.4) is 0 Å². The molecule has 1 heteroatoms. The van der Waals surface area contributed by atoms with Crippen LogP contribution in [0.25, 0.3) is 0 Å². The van der Waals surface area contributed by atoms with E-state index in [1.165, 1.54) is 25.7 Å². The normalized spacial score (nSPS) is 27.4. The lowest BCUT2D eigenvalue weighted by molar-refractivity contribution is 0.407. The summed E-state index contributed by atoms with van der Waals surface area (Å²) in [6.07, 6.45) is 5.30. The molecule has 1 nitrogen and oxygen atoms in total. The molecule has 0 amide bonds. The Morgan fingerprint density at radius 1 is 1.29 bits per heavy atom. The molecule has 0 radical (unpaired) electrons. The van der Waals surface area contributed by atoms with Gasteiger partial charge in [-0.3, -0.25) is 0 Å². The molecule has 1 atom stereocenters. The van der Waals surface area contributed by atoms with Crippen LogP contribution in [-0.2, 0) is 6.42 Å². The lowest BCUT2D eigenvalue weighted by atomic mass is 9.84. The summed E-state index contributed by atoms with van der Waals surface area (Å²) < 4.78 is 0. The standard InChI is InChI=1S/C13H17N/c14-9-13(7-8-13)12-6-5-10-3-1-2-4-11(10)12/h1-4,12H,5-9,14H2. The van der Waals surface area contributed by atoms with E-state index in [4.69, 9.17) is 5.73 Å². The minimum Gasteiger partial charge on any atom is -0.330 e. The molecular weight excluding hydrogens is 170 g/mol. The van der Waals surface area contributed by atoms with Gasteiger partial charge in [-0.1, -0.05) is 24.3 Å². The van der Waals surface area contributed by atoms with Gasteiger partial charge >= 0.3 is 0 Å². The van der Waals surface area contributed by atoms with Crippen molar-refractivity contribution in [3.05, 3.63) is 35.4 Å². The molecule has 0 spiro atoms. The Morgan fingerprint density at radius 2 is 2.07 bits per heavy atom. The van der Waals surface area contributed by atoms with E-state index in [9.17, 15) is 0 Å². The molecule has 14 heavy (non-hydrogen) atoms. The fourth-order valence-electron chi connectivity index (χ4n) is 3.05. The first-order chi connectivity index (χ1) is 6.86. The van der Waals surface area contributed by atoms with E-state index in [-0.39, 0.29) is 0 Å². The van der Waals surface area contributed by atoms with Crippen molar-refractivity contribution in [2.75, 3.05) is 6.54 Å². The first kappa shape index (κ1) is 8.49. The molecule has 0 aliphatic heterocycles. The number of hydrogen-bond acceptors (Lipinski definition) is 1. The predicted octanol–water partition coefficient (Wildman–Crippen LogP) is 2.46. The van der Waals surface area contributed by atoms with Gasteiger partial charge in [0.2, 0.25) is 0 Å². The first-order valence-electron chi connectivity index (χ1n) is 5.64. The van der Waals surface area contributed by atoms with Gasteiger partial charge in [-0.2, -0.15) is 0 Å². The van der Waals surface area contributed by atoms with Crippen LogP contribution in [0, 0.1) is 5.41 Å². The molecule has 0 heterocycles. The average molecular weight is 187 g/mol. The second-order valence-electron chi connectivity index (χ2n) is 4.86.